The van der Waals surface area contributed by atoms with Gasteiger partial charge >= 0.3 is 0 Å². The second kappa shape index (κ2) is 12.5. The Labute approximate surface area is 267 Å². The molecule has 0 aliphatic carbocycles. The zero-order chi connectivity index (χ0) is 30.8. The molecule has 0 saturated carbocycles. The van der Waals surface area contributed by atoms with Crippen LogP contribution in [0.5, 0.6) is 0 Å². The van der Waals surface area contributed by atoms with Crippen molar-refractivity contribution in [1.29, 1.82) is 0 Å². The van der Waals surface area contributed by atoms with Gasteiger partial charge in [-0.3, -0.25) is 9.78 Å². The average Bonchev–Trinajstić information content (AvgIpc) is 3.49. The van der Waals surface area contributed by atoms with Gasteiger partial charge in [-0.25, -0.2) is 4.52 Å². The Morgan fingerprint density at radius 2 is 1.71 bits per heavy atom. The van der Waals surface area contributed by atoms with Crippen LogP contribution in [0.2, 0.25) is 5.02 Å². The molecule has 9 nitrogen and oxygen atoms in total. The van der Waals surface area contributed by atoms with E-state index in [0.29, 0.717) is 48.4 Å². The number of likely N-dealkylation sites (tertiary alicyclic amines) is 1. The van der Waals surface area contributed by atoms with Crippen molar-refractivity contribution in [2.75, 3.05) is 36.4 Å². The van der Waals surface area contributed by atoms with Crippen LogP contribution in [0.4, 0.5) is 17.3 Å². The van der Waals surface area contributed by atoms with Crippen molar-refractivity contribution in [3.63, 3.8) is 0 Å². The number of hydrogen-bond acceptors (Lipinski definition) is 7. The van der Waals surface area contributed by atoms with Crippen LogP contribution >= 0.6 is 11.6 Å². The Balaban J connectivity index is 0.969. The SMILES string of the molecule is O=C(c1ccc(Nc2nc3c(N4CCC(O)(c5ccc(Cl)cc5)CC4)cccn3n2)cc1)N1CCC(Cc2cccnc2)CC1. The molecule has 2 aromatic carbocycles. The first kappa shape index (κ1) is 29.3. The lowest BCUT2D eigenvalue weighted by molar-refractivity contribution is 0.0118. The smallest absolute Gasteiger partial charge is 0.253 e. The fourth-order valence-corrected chi connectivity index (χ4v) is 6.68. The summed E-state index contributed by atoms with van der Waals surface area (Å²) in [6, 6.07) is 23.1. The summed E-state index contributed by atoms with van der Waals surface area (Å²) in [5.74, 6) is 1.13. The number of hydrogen-bond donors (Lipinski definition) is 2. The standard InChI is InChI=1S/C35H36ClN7O2/c36-29-9-7-28(8-10-29)35(45)15-21-41(22-16-35)31-4-2-18-43-32(31)39-34(40-43)38-30-11-5-27(6-12-30)33(44)42-19-13-25(14-20-42)23-26-3-1-17-37-24-26/h1-12,17-18,24-25,45H,13-16,19-23H2,(H,38,40). The number of carbonyl (C=O) groups is 1. The minimum atomic E-state index is -0.878. The van der Waals surface area contributed by atoms with Gasteiger partial charge in [0.1, 0.15) is 0 Å². The van der Waals surface area contributed by atoms with Crippen LogP contribution in [-0.4, -0.2) is 61.7 Å². The number of halogens is 1. The Kier molecular flexibility index (Phi) is 8.12. The Morgan fingerprint density at radius 1 is 0.956 bits per heavy atom. The number of pyridine rings is 2. The summed E-state index contributed by atoms with van der Waals surface area (Å²) in [4.78, 5) is 26.5. The molecule has 3 aromatic heterocycles. The van der Waals surface area contributed by atoms with Crippen molar-refractivity contribution in [3.05, 3.63) is 113 Å². The summed E-state index contributed by atoms with van der Waals surface area (Å²) in [6.07, 6.45) is 9.84. The highest BCUT2D eigenvalue weighted by atomic mass is 35.5. The van der Waals surface area contributed by atoms with Crippen molar-refractivity contribution in [2.24, 2.45) is 5.92 Å². The molecule has 0 atom stereocenters. The van der Waals surface area contributed by atoms with Crippen LogP contribution in [-0.2, 0) is 12.0 Å². The quantitative estimate of drug-likeness (QED) is 0.226. The minimum absolute atomic E-state index is 0.0707. The molecule has 7 rings (SSSR count). The molecule has 0 spiro atoms. The monoisotopic (exact) mass is 621 g/mol. The molecule has 45 heavy (non-hydrogen) atoms. The third kappa shape index (κ3) is 6.36. The number of nitrogens with one attached hydrogen (secondary N) is 1. The van der Waals surface area contributed by atoms with Crippen LogP contribution in [0, 0.1) is 5.92 Å². The molecule has 5 heterocycles. The normalized spacial score (nSPS) is 17.0. The van der Waals surface area contributed by atoms with Crippen molar-refractivity contribution < 1.29 is 9.90 Å². The van der Waals surface area contributed by atoms with E-state index in [4.69, 9.17) is 16.6 Å². The molecule has 1 amide bonds. The van der Waals surface area contributed by atoms with Crippen LogP contribution in [0.3, 0.4) is 0 Å². The van der Waals surface area contributed by atoms with Gasteiger partial charge in [0, 0.05) is 61.0 Å². The summed E-state index contributed by atoms with van der Waals surface area (Å²) in [5, 5.41) is 19.9. The van der Waals surface area contributed by atoms with E-state index < -0.39 is 5.60 Å². The molecular formula is C35H36ClN7O2. The van der Waals surface area contributed by atoms with E-state index in [9.17, 15) is 9.90 Å². The van der Waals surface area contributed by atoms with Gasteiger partial charge in [0.15, 0.2) is 5.65 Å². The van der Waals surface area contributed by atoms with E-state index in [0.717, 1.165) is 54.9 Å². The van der Waals surface area contributed by atoms with Crippen molar-refractivity contribution >= 4 is 40.5 Å². The number of fused-ring (bicyclic) bond motifs is 1. The maximum Gasteiger partial charge on any atom is 0.253 e. The highest BCUT2D eigenvalue weighted by Gasteiger charge is 2.34. The van der Waals surface area contributed by atoms with E-state index in [1.165, 1.54) is 5.56 Å². The van der Waals surface area contributed by atoms with Gasteiger partial charge < -0.3 is 20.2 Å². The second-order valence-corrected chi connectivity index (χ2v) is 12.6. The van der Waals surface area contributed by atoms with Crippen molar-refractivity contribution in [1.82, 2.24) is 24.5 Å². The summed E-state index contributed by atoms with van der Waals surface area (Å²) >= 11 is 6.05. The Hall–Kier alpha value is -4.47. The summed E-state index contributed by atoms with van der Waals surface area (Å²) in [7, 11) is 0. The minimum Gasteiger partial charge on any atom is -0.385 e. The number of benzene rings is 2. The molecule has 2 aliphatic rings. The predicted octanol–water partition coefficient (Wildman–Crippen LogP) is 6.10. The number of rotatable bonds is 7. The number of anilines is 3. The number of carbonyl (C=O) groups excluding carboxylic acids is 1. The van der Waals surface area contributed by atoms with Crippen LogP contribution in [0.1, 0.15) is 47.2 Å². The molecule has 10 heteroatoms. The highest BCUT2D eigenvalue weighted by molar-refractivity contribution is 6.30. The first-order valence-electron chi connectivity index (χ1n) is 15.6. The zero-order valence-corrected chi connectivity index (χ0v) is 25.8. The maximum absolute atomic E-state index is 13.2. The van der Waals surface area contributed by atoms with E-state index in [2.05, 4.69) is 26.4 Å². The van der Waals surface area contributed by atoms with Gasteiger partial charge in [-0.15, -0.1) is 5.10 Å². The van der Waals surface area contributed by atoms with E-state index in [1.54, 1.807) is 10.7 Å². The van der Waals surface area contributed by atoms with Gasteiger partial charge in [-0.2, -0.15) is 4.98 Å². The topological polar surface area (TPSA) is 98.9 Å². The number of piperidine rings is 2. The lowest BCUT2D eigenvalue weighted by Crippen LogP contribution is -2.42. The Bertz CT molecular complexity index is 1760. The lowest BCUT2D eigenvalue weighted by atomic mass is 9.84. The van der Waals surface area contributed by atoms with E-state index >= 15 is 0 Å². The van der Waals surface area contributed by atoms with Crippen molar-refractivity contribution in [3.8, 4) is 0 Å². The summed E-state index contributed by atoms with van der Waals surface area (Å²) in [6.45, 7) is 2.92. The molecule has 2 fully saturated rings. The van der Waals surface area contributed by atoms with E-state index in [-0.39, 0.29) is 5.91 Å². The molecule has 2 N–H and O–H groups in total. The van der Waals surface area contributed by atoms with E-state index in [1.807, 2.05) is 84.0 Å². The first-order chi connectivity index (χ1) is 21.9. The number of amides is 1. The van der Waals surface area contributed by atoms with Crippen LogP contribution in [0.15, 0.2) is 91.4 Å². The largest absolute Gasteiger partial charge is 0.385 e. The van der Waals surface area contributed by atoms with Gasteiger partial charge in [0.25, 0.3) is 5.91 Å². The third-order valence-electron chi connectivity index (χ3n) is 9.19. The van der Waals surface area contributed by atoms with Crippen LogP contribution in [0.25, 0.3) is 5.65 Å². The molecular weight excluding hydrogens is 586 g/mol. The molecule has 0 unspecified atom stereocenters. The molecule has 2 aliphatic heterocycles. The van der Waals surface area contributed by atoms with Gasteiger partial charge in [0.2, 0.25) is 5.95 Å². The average molecular weight is 622 g/mol. The fourth-order valence-electron chi connectivity index (χ4n) is 6.56. The lowest BCUT2D eigenvalue weighted by Gasteiger charge is -2.39. The maximum atomic E-state index is 13.2. The van der Waals surface area contributed by atoms with Gasteiger partial charge in [0.05, 0.1) is 11.3 Å². The molecule has 230 valence electrons. The second-order valence-electron chi connectivity index (χ2n) is 12.1. The summed E-state index contributed by atoms with van der Waals surface area (Å²) < 4.78 is 1.77. The van der Waals surface area contributed by atoms with Crippen molar-refractivity contribution in [2.45, 2.75) is 37.7 Å². The fraction of sp³-hybridized carbons (Fsp3) is 0.314. The predicted molar refractivity (Wildman–Crippen MR) is 176 cm³/mol. The number of aromatic nitrogens is 4. The zero-order valence-electron chi connectivity index (χ0n) is 25.0. The van der Waals surface area contributed by atoms with Crippen LogP contribution < -0.4 is 10.2 Å². The third-order valence-corrected chi connectivity index (χ3v) is 9.44. The molecule has 2 saturated heterocycles. The van der Waals surface area contributed by atoms with Gasteiger partial charge in [-0.05, 0) is 104 Å². The molecule has 0 bridgehead atoms. The number of aliphatic hydroxyl groups is 1. The highest BCUT2D eigenvalue weighted by Crippen LogP contribution is 2.36. The molecule has 5 aromatic rings. The first-order valence-corrected chi connectivity index (χ1v) is 16.0. The van der Waals surface area contributed by atoms with Gasteiger partial charge in [-0.1, -0.05) is 29.8 Å². The number of nitrogens with zero attached hydrogens (tertiary/aromatic N) is 6. The summed E-state index contributed by atoms with van der Waals surface area (Å²) in [5.41, 5.74) is 4.49. The Morgan fingerprint density at radius 3 is 2.42 bits per heavy atom. The molecule has 0 radical (unpaired) electrons.